The Labute approximate surface area is 141 Å². The first-order valence-electron chi connectivity index (χ1n) is 9.18. The van der Waals surface area contributed by atoms with Crippen molar-refractivity contribution in [2.75, 3.05) is 33.2 Å². The van der Waals surface area contributed by atoms with Crippen molar-refractivity contribution in [3.05, 3.63) is 0 Å². The molecule has 23 heavy (non-hydrogen) atoms. The van der Waals surface area contributed by atoms with E-state index in [1.807, 2.05) is 20.8 Å². The highest BCUT2D eigenvalue weighted by Crippen LogP contribution is 2.30. The molecule has 5 nitrogen and oxygen atoms in total. The molecule has 2 aliphatic rings. The van der Waals surface area contributed by atoms with Gasteiger partial charge in [-0.15, -0.1) is 0 Å². The summed E-state index contributed by atoms with van der Waals surface area (Å²) in [5, 5.41) is 6.79. The van der Waals surface area contributed by atoms with E-state index in [1.54, 1.807) is 0 Å². The van der Waals surface area contributed by atoms with E-state index in [0.717, 1.165) is 25.3 Å². The van der Waals surface area contributed by atoms with Crippen molar-refractivity contribution in [3.8, 4) is 0 Å². The van der Waals surface area contributed by atoms with E-state index in [0.29, 0.717) is 6.54 Å². The molecule has 1 unspecified atom stereocenters. The van der Waals surface area contributed by atoms with Gasteiger partial charge in [0.1, 0.15) is 5.60 Å². The van der Waals surface area contributed by atoms with Gasteiger partial charge >= 0.3 is 6.09 Å². The molecule has 1 atom stereocenters. The normalized spacial score (nSPS) is 25.3. The summed E-state index contributed by atoms with van der Waals surface area (Å²) in [6.45, 7) is 9.83. The van der Waals surface area contributed by atoms with Crippen LogP contribution in [0.3, 0.4) is 0 Å². The van der Waals surface area contributed by atoms with Gasteiger partial charge in [0.05, 0.1) is 0 Å². The number of rotatable bonds is 5. The second-order valence-electron chi connectivity index (χ2n) is 8.49. The minimum atomic E-state index is -0.437. The van der Waals surface area contributed by atoms with Crippen LogP contribution in [-0.4, -0.2) is 55.4 Å². The Balaban J connectivity index is 1.80. The van der Waals surface area contributed by atoms with E-state index >= 15 is 0 Å². The first-order chi connectivity index (χ1) is 10.8. The second kappa shape index (κ2) is 7.84. The lowest BCUT2D eigenvalue weighted by Gasteiger charge is -2.36. The minimum absolute atomic E-state index is 0.0624. The molecule has 2 fully saturated rings. The summed E-state index contributed by atoms with van der Waals surface area (Å²) in [4.78, 5) is 14.4. The number of hydrogen-bond acceptors (Lipinski definition) is 4. The maximum absolute atomic E-state index is 11.9. The fraction of sp³-hybridized carbons (Fsp3) is 0.944. The lowest BCUT2D eigenvalue weighted by Crippen LogP contribution is -2.54. The van der Waals surface area contributed by atoms with Crippen molar-refractivity contribution in [1.29, 1.82) is 0 Å². The third-order valence-electron chi connectivity index (χ3n) is 5.02. The van der Waals surface area contributed by atoms with Crippen LogP contribution in [0.15, 0.2) is 0 Å². The van der Waals surface area contributed by atoms with Crippen molar-refractivity contribution in [2.24, 2.45) is 5.92 Å². The van der Waals surface area contributed by atoms with E-state index < -0.39 is 5.60 Å². The summed E-state index contributed by atoms with van der Waals surface area (Å²) in [7, 11) is 2.21. The highest BCUT2D eigenvalue weighted by Gasteiger charge is 2.35. The van der Waals surface area contributed by atoms with Gasteiger partial charge < -0.3 is 20.3 Å². The molecule has 5 heteroatoms. The fourth-order valence-corrected chi connectivity index (χ4v) is 3.82. The first-order valence-corrected chi connectivity index (χ1v) is 9.18. The van der Waals surface area contributed by atoms with E-state index in [4.69, 9.17) is 4.74 Å². The molecular formula is C18H35N3O2. The lowest BCUT2D eigenvalue weighted by molar-refractivity contribution is 0.0508. The summed E-state index contributed by atoms with van der Waals surface area (Å²) in [5.74, 6) is 0.729. The molecule has 1 saturated carbocycles. The molecule has 1 saturated heterocycles. The average Bonchev–Trinajstić information content (AvgIpc) is 2.91. The maximum atomic E-state index is 11.9. The lowest BCUT2D eigenvalue weighted by atomic mass is 9.93. The Hall–Kier alpha value is -0.810. The third-order valence-corrected chi connectivity index (χ3v) is 5.02. The molecule has 0 aromatic heterocycles. The Bertz CT molecular complexity index is 386. The number of carbonyl (C=O) groups is 1. The zero-order chi connectivity index (χ0) is 16.9. The van der Waals surface area contributed by atoms with Crippen LogP contribution in [0.25, 0.3) is 0 Å². The van der Waals surface area contributed by atoms with Gasteiger partial charge in [0.25, 0.3) is 0 Å². The zero-order valence-corrected chi connectivity index (χ0v) is 15.4. The molecule has 2 rings (SSSR count). The van der Waals surface area contributed by atoms with Gasteiger partial charge in [0.15, 0.2) is 0 Å². The molecule has 1 amide bonds. The van der Waals surface area contributed by atoms with Gasteiger partial charge in [0, 0.05) is 18.6 Å². The van der Waals surface area contributed by atoms with Gasteiger partial charge in [0.2, 0.25) is 0 Å². The minimum Gasteiger partial charge on any atom is -0.444 e. The van der Waals surface area contributed by atoms with Gasteiger partial charge in [-0.25, -0.2) is 4.79 Å². The van der Waals surface area contributed by atoms with Crippen molar-refractivity contribution in [2.45, 2.75) is 70.4 Å². The molecule has 0 aromatic carbocycles. The van der Waals surface area contributed by atoms with E-state index in [-0.39, 0.29) is 11.6 Å². The van der Waals surface area contributed by atoms with E-state index in [2.05, 4.69) is 22.6 Å². The molecule has 0 bridgehead atoms. The van der Waals surface area contributed by atoms with E-state index in [9.17, 15) is 4.79 Å². The third kappa shape index (κ3) is 6.30. The molecule has 1 heterocycles. The SMILES string of the molecule is CN1CCCC(CNC2(CNC(=O)OC(C)(C)C)CCCC2)C1. The summed E-state index contributed by atoms with van der Waals surface area (Å²) in [5.41, 5.74) is -0.375. The molecule has 0 spiro atoms. The van der Waals surface area contributed by atoms with Gasteiger partial charge in [-0.2, -0.15) is 0 Å². The number of nitrogens with zero attached hydrogens (tertiary/aromatic N) is 1. The number of likely N-dealkylation sites (tertiary alicyclic amines) is 1. The number of piperidine rings is 1. The van der Waals surface area contributed by atoms with Crippen LogP contribution >= 0.6 is 0 Å². The van der Waals surface area contributed by atoms with Crippen LogP contribution in [0.2, 0.25) is 0 Å². The predicted molar refractivity (Wildman–Crippen MR) is 93.7 cm³/mol. The van der Waals surface area contributed by atoms with Crippen molar-refractivity contribution in [1.82, 2.24) is 15.5 Å². The summed E-state index contributed by atoms with van der Waals surface area (Å²) >= 11 is 0. The molecule has 134 valence electrons. The summed E-state index contributed by atoms with van der Waals surface area (Å²) < 4.78 is 5.37. The van der Waals surface area contributed by atoms with Crippen molar-refractivity contribution >= 4 is 6.09 Å². The molecule has 0 radical (unpaired) electrons. The molecular weight excluding hydrogens is 290 g/mol. The maximum Gasteiger partial charge on any atom is 0.407 e. The molecule has 1 aliphatic heterocycles. The Kier molecular flexibility index (Phi) is 6.32. The fourth-order valence-electron chi connectivity index (χ4n) is 3.82. The van der Waals surface area contributed by atoms with Crippen LogP contribution in [0.1, 0.15) is 59.3 Å². The summed E-state index contributed by atoms with van der Waals surface area (Å²) in [6, 6.07) is 0. The first kappa shape index (κ1) is 18.5. The highest BCUT2D eigenvalue weighted by molar-refractivity contribution is 5.67. The quantitative estimate of drug-likeness (QED) is 0.816. The Morgan fingerprint density at radius 1 is 1.26 bits per heavy atom. The van der Waals surface area contributed by atoms with Gasteiger partial charge in [-0.3, -0.25) is 0 Å². The molecule has 2 N–H and O–H groups in total. The van der Waals surface area contributed by atoms with Crippen LogP contribution in [0.5, 0.6) is 0 Å². The van der Waals surface area contributed by atoms with E-state index in [1.165, 1.54) is 38.8 Å². The number of hydrogen-bond donors (Lipinski definition) is 2. The number of alkyl carbamates (subject to hydrolysis) is 1. The average molecular weight is 325 g/mol. The van der Waals surface area contributed by atoms with Crippen molar-refractivity contribution in [3.63, 3.8) is 0 Å². The van der Waals surface area contributed by atoms with Crippen LogP contribution < -0.4 is 10.6 Å². The largest absolute Gasteiger partial charge is 0.444 e. The Morgan fingerprint density at radius 2 is 1.96 bits per heavy atom. The Morgan fingerprint density at radius 3 is 2.57 bits per heavy atom. The predicted octanol–water partition coefficient (Wildman–Crippen LogP) is 2.76. The number of carbonyl (C=O) groups excluding carboxylic acids is 1. The number of amides is 1. The molecule has 1 aliphatic carbocycles. The van der Waals surface area contributed by atoms with Crippen LogP contribution in [-0.2, 0) is 4.74 Å². The smallest absolute Gasteiger partial charge is 0.407 e. The standard InChI is InChI=1S/C18H35N3O2/c1-17(2,3)23-16(22)19-14-18(9-5-6-10-18)20-12-15-8-7-11-21(4)13-15/h15,20H,5-14H2,1-4H3,(H,19,22). The zero-order valence-electron chi connectivity index (χ0n) is 15.4. The van der Waals surface area contributed by atoms with Crippen LogP contribution in [0, 0.1) is 5.92 Å². The number of nitrogens with one attached hydrogen (secondary N) is 2. The second-order valence-corrected chi connectivity index (χ2v) is 8.49. The topological polar surface area (TPSA) is 53.6 Å². The van der Waals surface area contributed by atoms with Crippen LogP contribution in [0.4, 0.5) is 4.79 Å². The monoisotopic (exact) mass is 325 g/mol. The van der Waals surface area contributed by atoms with Gasteiger partial charge in [-0.1, -0.05) is 12.8 Å². The highest BCUT2D eigenvalue weighted by atomic mass is 16.6. The number of ether oxygens (including phenoxy) is 1. The van der Waals surface area contributed by atoms with Crippen molar-refractivity contribution < 1.29 is 9.53 Å². The summed E-state index contributed by atoms with van der Waals surface area (Å²) in [6.07, 6.45) is 7.08. The molecule has 0 aromatic rings. The van der Waals surface area contributed by atoms with Gasteiger partial charge in [-0.05, 0) is 72.5 Å².